The van der Waals surface area contributed by atoms with Crippen molar-refractivity contribution in [3.63, 3.8) is 0 Å². The largest absolute Gasteiger partial charge is 0.359 e. The summed E-state index contributed by atoms with van der Waals surface area (Å²) in [5.74, 6) is -0.245. The Morgan fingerprint density at radius 3 is 2.79 bits per heavy atom. The average molecular weight is 455 g/mol. The molecule has 1 aliphatic carbocycles. The van der Waals surface area contributed by atoms with Crippen molar-refractivity contribution in [2.75, 3.05) is 33.2 Å². The summed E-state index contributed by atoms with van der Waals surface area (Å²) in [5.41, 5.74) is 4.31. The van der Waals surface area contributed by atoms with Crippen LogP contribution in [-0.4, -0.2) is 75.5 Å². The van der Waals surface area contributed by atoms with Crippen LogP contribution in [0.25, 0.3) is 16.6 Å². The molecular weight excluding hydrogens is 423 g/mol. The van der Waals surface area contributed by atoms with Gasteiger partial charge in [0.1, 0.15) is 11.7 Å². The molecule has 1 amide bonds. The van der Waals surface area contributed by atoms with Crippen molar-refractivity contribution >= 4 is 22.5 Å². The molecule has 0 bridgehead atoms. The lowest BCUT2D eigenvalue weighted by Gasteiger charge is -2.43. The molecule has 3 aromatic rings. The summed E-state index contributed by atoms with van der Waals surface area (Å²) >= 11 is 0. The maximum atomic E-state index is 14.8. The van der Waals surface area contributed by atoms with Gasteiger partial charge in [0.2, 0.25) is 5.91 Å². The van der Waals surface area contributed by atoms with Gasteiger partial charge in [0.05, 0.1) is 11.0 Å². The van der Waals surface area contributed by atoms with Crippen molar-refractivity contribution in [3.05, 3.63) is 46.1 Å². The van der Waals surface area contributed by atoms with E-state index < -0.39 is 6.17 Å². The van der Waals surface area contributed by atoms with E-state index in [0.717, 1.165) is 73.2 Å². The second-order valence-corrected chi connectivity index (χ2v) is 9.41. The molecule has 9 heteroatoms. The molecule has 1 saturated carbocycles. The van der Waals surface area contributed by atoms with Gasteiger partial charge >= 0.3 is 5.69 Å². The highest BCUT2D eigenvalue weighted by atomic mass is 19.1. The highest BCUT2D eigenvalue weighted by molar-refractivity contribution is 5.91. The Hall–Kier alpha value is -2.78. The molecule has 176 valence electrons. The number of rotatable bonds is 4. The fourth-order valence-electron chi connectivity index (χ4n) is 5.52. The third-order valence-corrected chi connectivity index (χ3v) is 7.35. The number of H-pyrrole nitrogens is 1. The second-order valence-electron chi connectivity index (χ2n) is 9.41. The Kier molecular flexibility index (Phi) is 5.92. The number of aryl methyl sites for hydroxylation is 1. The fourth-order valence-corrected chi connectivity index (χ4v) is 5.52. The normalized spacial score (nSPS) is 25.0. The molecular formula is C24H31FN6O2. The van der Waals surface area contributed by atoms with Gasteiger partial charge < -0.3 is 10.3 Å². The average Bonchev–Trinajstić information content (AvgIpc) is 3.21. The van der Waals surface area contributed by atoms with Crippen LogP contribution in [0.4, 0.5) is 4.39 Å². The number of hydrogen-bond acceptors (Lipinski definition) is 5. The van der Waals surface area contributed by atoms with E-state index in [1.807, 2.05) is 25.3 Å². The number of halogens is 1. The molecule has 0 aromatic carbocycles. The van der Waals surface area contributed by atoms with E-state index in [9.17, 15) is 14.0 Å². The van der Waals surface area contributed by atoms with E-state index in [0.29, 0.717) is 6.42 Å². The van der Waals surface area contributed by atoms with Gasteiger partial charge in [-0.05, 0) is 49.4 Å². The zero-order chi connectivity index (χ0) is 23.1. The molecule has 0 radical (unpaired) electrons. The Morgan fingerprint density at radius 2 is 2.06 bits per heavy atom. The van der Waals surface area contributed by atoms with Crippen LogP contribution in [0.5, 0.6) is 0 Å². The van der Waals surface area contributed by atoms with E-state index in [4.69, 9.17) is 0 Å². The van der Waals surface area contributed by atoms with Gasteiger partial charge in [0.25, 0.3) is 0 Å². The van der Waals surface area contributed by atoms with Crippen LogP contribution in [0.1, 0.15) is 30.4 Å². The molecule has 3 atom stereocenters. The third-order valence-electron chi connectivity index (χ3n) is 7.35. The minimum Gasteiger partial charge on any atom is -0.359 e. The van der Waals surface area contributed by atoms with Crippen molar-refractivity contribution in [2.24, 2.45) is 5.92 Å². The van der Waals surface area contributed by atoms with E-state index in [1.165, 1.54) is 0 Å². The lowest BCUT2D eigenvalue weighted by molar-refractivity contribution is -0.127. The number of aromatic nitrogens is 3. The number of fused-ring (bicyclic) bond motifs is 3. The zero-order valence-corrected chi connectivity index (χ0v) is 19.2. The molecule has 5 rings (SSSR count). The highest BCUT2D eigenvalue weighted by Crippen LogP contribution is 2.31. The van der Waals surface area contributed by atoms with E-state index in [2.05, 4.69) is 25.1 Å². The smallest absolute Gasteiger partial charge is 0.330 e. The SMILES string of the molecule is CNC(=O)C1CCC(N2CCN(Cc3cnc4c(c3)[nH]c(=O)n3ccc(C)c43)CC2)C(F)C1. The van der Waals surface area contributed by atoms with Gasteiger partial charge in [-0.15, -0.1) is 0 Å². The number of pyridine rings is 1. The number of nitrogens with zero attached hydrogens (tertiary/aromatic N) is 4. The van der Waals surface area contributed by atoms with Crippen LogP contribution < -0.4 is 11.0 Å². The molecule has 4 heterocycles. The van der Waals surface area contributed by atoms with Gasteiger partial charge in [-0.1, -0.05) is 0 Å². The van der Waals surface area contributed by atoms with Crippen LogP contribution in [0, 0.1) is 12.8 Å². The topological polar surface area (TPSA) is 85.7 Å². The monoisotopic (exact) mass is 454 g/mol. The van der Waals surface area contributed by atoms with Crippen molar-refractivity contribution < 1.29 is 9.18 Å². The second kappa shape index (κ2) is 8.87. The Balaban J connectivity index is 1.22. The lowest BCUT2D eigenvalue weighted by Crippen LogP contribution is -2.54. The first-order valence-electron chi connectivity index (χ1n) is 11.7. The number of aromatic amines is 1. The first-order valence-corrected chi connectivity index (χ1v) is 11.7. The quantitative estimate of drug-likeness (QED) is 0.629. The summed E-state index contributed by atoms with van der Waals surface area (Å²) in [5, 5.41) is 2.65. The summed E-state index contributed by atoms with van der Waals surface area (Å²) in [6, 6.07) is 3.85. The maximum absolute atomic E-state index is 14.8. The number of amides is 1. The minimum absolute atomic E-state index is 0.0425. The summed E-state index contributed by atoms with van der Waals surface area (Å²) in [6.45, 7) is 6.07. The maximum Gasteiger partial charge on any atom is 0.330 e. The molecule has 2 N–H and O–H groups in total. The van der Waals surface area contributed by atoms with Crippen LogP contribution in [0.2, 0.25) is 0 Å². The van der Waals surface area contributed by atoms with Gasteiger partial charge in [-0.25, -0.2) is 9.18 Å². The molecule has 3 unspecified atom stereocenters. The van der Waals surface area contributed by atoms with Crippen molar-refractivity contribution in [3.8, 4) is 0 Å². The molecule has 3 aromatic heterocycles. The Labute approximate surface area is 191 Å². The standard InChI is InChI=1S/C24H31FN6O2/c1-15-5-6-31-22(15)21-19(28-24(31)33)11-16(13-27-21)14-29-7-9-30(10-8-29)20-4-3-17(12-18(20)25)23(32)26-2/h5-6,11,13,17-18,20H,3-4,7-10,12,14H2,1-2H3,(H,26,32)(H,28,33). The summed E-state index contributed by atoms with van der Waals surface area (Å²) < 4.78 is 16.4. The van der Waals surface area contributed by atoms with E-state index in [-0.39, 0.29) is 23.6 Å². The molecule has 2 fully saturated rings. The highest BCUT2D eigenvalue weighted by Gasteiger charge is 2.37. The number of carbonyl (C=O) groups is 1. The number of hydrogen-bond donors (Lipinski definition) is 2. The molecule has 1 aliphatic heterocycles. The lowest BCUT2D eigenvalue weighted by atomic mass is 9.83. The first-order chi connectivity index (χ1) is 15.9. The zero-order valence-electron chi connectivity index (χ0n) is 19.2. The summed E-state index contributed by atoms with van der Waals surface area (Å²) in [7, 11) is 1.62. The van der Waals surface area contributed by atoms with Gasteiger partial charge in [0.15, 0.2) is 0 Å². The van der Waals surface area contributed by atoms with E-state index >= 15 is 0 Å². The minimum atomic E-state index is -0.955. The molecule has 0 spiro atoms. The van der Waals surface area contributed by atoms with Crippen LogP contribution in [0.15, 0.2) is 29.3 Å². The fraction of sp³-hybridized carbons (Fsp3) is 0.542. The molecule has 33 heavy (non-hydrogen) atoms. The molecule has 2 aliphatic rings. The molecule has 1 saturated heterocycles. The van der Waals surface area contributed by atoms with Crippen LogP contribution in [-0.2, 0) is 11.3 Å². The van der Waals surface area contributed by atoms with Crippen molar-refractivity contribution in [1.29, 1.82) is 0 Å². The van der Waals surface area contributed by atoms with E-state index in [1.54, 1.807) is 17.6 Å². The number of nitrogens with one attached hydrogen (secondary N) is 2. The Morgan fingerprint density at radius 1 is 1.27 bits per heavy atom. The van der Waals surface area contributed by atoms with Gasteiger partial charge in [0, 0.05) is 64.1 Å². The summed E-state index contributed by atoms with van der Waals surface area (Å²) in [6.07, 6.45) is 4.50. The van der Waals surface area contributed by atoms with Crippen LogP contribution in [0.3, 0.4) is 0 Å². The number of alkyl halides is 1. The Bertz CT molecular complexity index is 1230. The third kappa shape index (κ3) is 4.15. The number of piperazine rings is 1. The summed E-state index contributed by atoms with van der Waals surface area (Å²) in [4.78, 5) is 36.5. The predicted octanol–water partition coefficient (Wildman–Crippen LogP) is 1.85. The predicted molar refractivity (Wildman–Crippen MR) is 125 cm³/mol. The van der Waals surface area contributed by atoms with Gasteiger partial charge in [-0.3, -0.25) is 24.0 Å². The number of carbonyl (C=O) groups excluding carboxylic acids is 1. The van der Waals surface area contributed by atoms with Crippen molar-refractivity contribution in [2.45, 2.75) is 44.9 Å². The van der Waals surface area contributed by atoms with Gasteiger partial charge in [-0.2, -0.15) is 0 Å². The molecule has 8 nitrogen and oxygen atoms in total. The van der Waals surface area contributed by atoms with Crippen molar-refractivity contribution in [1.82, 2.24) is 29.5 Å². The van der Waals surface area contributed by atoms with Crippen LogP contribution >= 0.6 is 0 Å². The first kappa shape index (κ1) is 22.0.